The highest BCUT2D eigenvalue weighted by Crippen LogP contribution is 2.42. The van der Waals surface area contributed by atoms with E-state index in [9.17, 15) is 13.8 Å². The molecule has 3 unspecified atom stereocenters. The highest BCUT2D eigenvalue weighted by atomic mass is 35.5. The summed E-state index contributed by atoms with van der Waals surface area (Å²) >= 11 is 6.26. The largest absolute Gasteiger partial charge is 0.341 e. The number of hydrogen-bond acceptors (Lipinski definition) is 3. The molecule has 0 radical (unpaired) electrons. The number of benzene rings is 2. The van der Waals surface area contributed by atoms with Crippen LogP contribution in [0.25, 0.3) is 0 Å². The Labute approximate surface area is 217 Å². The van der Waals surface area contributed by atoms with Crippen molar-refractivity contribution in [1.82, 2.24) is 4.90 Å². The molecule has 0 aliphatic carbocycles. The van der Waals surface area contributed by atoms with Crippen molar-refractivity contribution < 1.29 is 13.8 Å². The average molecular weight is 517 g/mol. The summed E-state index contributed by atoms with van der Waals surface area (Å²) in [7, 11) is -1.01. The Morgan fingerprint density at radius 3 is 2.46 bits per heavy atom. The van der Waals surface area contributed by atoms with Gasteiger partial charge in [0, 0.05) is 57.9 Å². The van der Waals surface area contributed by atoms with Crippen LogP contribution in [0.5, 0.6) is 0 Å². The predicted molar refractivity (Wildman–Crippen MR) is 145 cm³/mol. The molecule has 1 fully saturated rings. The van der Waals surface area contributed by atoms with Crippen molar-refractivity contribution in [2.24, 2.45) is 5.41 Å². The van der Waals surface area contributed by atoms with Crippen LogP contribution in [-0.4, -0.2) is 45.0 Å². The molecule has 2 aromatic rings. The third-order valence-electron chi connectivity index (χ3n) is 6.76. The van der Waals surface area contributed by atoms with Gasteiger partial charge in [0.15, 0.2) is 0 Å². The molecule has 2 aromatic carbocycles. The van der Waals surface area contributed by atoms with Crippen LogP contribution in [0, 0.1) is 5.41 Å². The maximum atomic E-state index is 13.6. The molecule has 0 aromatic heterocycles. The number of amides is 2. The first-order valence-corrected chi connectivity index (χ1v) is 14.1. The van der Waals surface area contributed by atoms with E-state index in [1.165, 1.54) is 5.56 Å². The monoisotopic (exact) mass is 516 g/mol. The lowest BCUT2D eigenvalue weighted by molar-refractivity contribution is -0.148. The van der Waals surface area contributed by atoms with Crippen molar-refractivity contribution in [2.45, 2.75) is 64.5 Å². The number of nitrogens with zero attached hydrogens (tertiary/aromatic N) is 1. The van der Waals surface area contributed by atoms with Crippen molar-refractivity contribution >= 4 is 39.9 Å². The zero-order chi connectivity index (χ0) is 25.8. The van der Waals surface area contributed by atoms with E-state index in [0.29, 0.717) is 36.2 Å². The lowest BCUT2D eigenvalue weighted by atomic mass is 9.71. The molecule has 0 bridgehead atoms. The molecule has 1 heterocycles. The molecule has 5 nitrogen and oxygen atoms in total. The first-order chi connectivity index (χ1) is 16.5. The summed E-state index contributed by atoms with van der Waals surface area (Å²) in [6.07, 6.45) is 0.633. The van der Waals surface area contributed by atoms with Crippen molar-refractivity contribution in [1.29, 1.82) is 0 Å². The Morgan fingerprint density at radius 1 is 1.17 bits per heavy atom. The fourth-order valence-electron chi connectivity index (χ4n) is 4.70. The van der Waals surface area contributed by atoms with Gasteiger partial charge in [0.1, 0.15) is 0 Å². The number of anilines is 1. The second-order valence-electron chi connectivity index (χ2n) is 10.4. The number of piperidine rings is 1. The highest BCUT2D eigenvalue weighted by molar-refractivity contribution is 7.85. The summed E-state index contributed by atoms with van der Waals surface area (Å²) in [4.78, 5) is 28.5. The number of hydrogen-bond donors (Lipinski definition) is 1. The van der Waals surface area contributed by atoms with Gasteiger partial charge in [-0.2, -0.15) is 0 Å². The summed E-state index contributed by atoms with van der Waals surface area (Å²) in [5, 5.41) is 3.65. The molecule has 3 atom stereocenters. The first kappa shape index (κ1) is 27.4. The zero-order valence-electron chi connectivity index (χ0n) is 21.3. The van der Waals surface area contributed by atoms with E-state index in [2.05, 4.69) is 19.2 Å². The van der Waals surface area contributed by atoms with Gasteiger partial charge >= 0.3 is 0 Å². The Morgan fingerprint density at radius 2 is 1.86 bits per heavy atom. The van der Waals surface area contributed by atoms with Crippen LogP contribution in [0.1, 0.15) is 70.4 Å². The smallest absolute Gasteiger partial charge is 0.229 e. The first-order valence-electron chi connectivity index (χ1n) is 12.3. The van der Waals surface area contributed by atoms with E-state index in [4.69, 9.17) is 11.6 Å². The highest BCUT2D eigenvalue weighted by Gasteiger charge is 2.45. The number of nitrogens with one attached hydrogen (secondary N) is 1. The van der Waals surface area contributed by atoms with Gasteiger partial charge in [-0.3, -0.25) is 13.8 Å². The summed E-state index contributed by atoms with van der Waals surface area (Å²) in [6, 6.07) is 15.5. The Balaban J connectivity index is 1.79. The molecule has 0 saturated carbocycles. The standard InChI is InChI=1S/C28H37ClN2O3S/c1-19(2)21-9-11-25(12-10-21)30-26(32)17-28(5)16-23(22-7-6-8-24(29)15-22)18-31(27(28)33)13-14-35(34)20(3)4/h6-12,15,19-20,23H,13-14,16-18H2,1-5H3,(H,30,32). The van der Waals surface area contributed by atoms with Crippen LogP contribution >= 0.6 is 11.6 Å². The van der Waals surface area contributed by atoms with Gasteiger partial charge in [-0.1, -0.05) is 70.5 Å². The maximum absolute atomic E-state index is 13.6. The van der Waals surface area contributed by atoms with Crippen molar-refractivity contribution in [3.63, 3.8) is 0 Å². The third kappa shape index (κ3) is 7.17. The quantitative estimate of drug-likeness (QED) is 0.446. The summed E-state index contributed by atoms with van der Waals surface area (Å²) < 4.78 is 12.4. The normalized spacial score (nSPS) is 21.4. The molecule has 2 amide bonds. The van der Waals surface area contributed by atoms with E-state index in [0.717, 1.165) is 11.3 Å². The predicted octanol–water partition coefficient (Wildman–Crippen LogP) is 5.97. The molecular formula is C28H37ClN2O3S. The molecule has 0 spiro atoms. The minimum atomic E-state index is -1.01. The SMILES string of the molecule is CC(C)c1ccc(NC(=O)CC2(C)CC(c3cccc(Cl)c3)CN(CCS(=O)C(C)C)C2=O)cc1. The van der Waals surface area contributed by atoms with E-state index in [1.54, 1.807) is 4.90 Å². The fraction of sp³-hybridized carbons (Fsp3) is 0.500. The molecule has 1 aliphatic rings. The Hall–Kier alpha value is -2.18. The van der Waals surface area contributed by atoms with Crippen LogP contribution in [0.4, 0.5) is 5.69 Å². The van der Waals surface area contributed by atoms with Gasteiger partial charge in [-0.25, -0.2) is 0 Å². The van der Waals surface area contributed by atoms with Crippen molar-refractivity contribution in [3.8, 4) is 0 Å². The number of halogens is 1. The van der Waals surface area contributed by atoms with Crippen LogP contribution in [0.2, 0.25) is 5.02 Å². The zero-order valence-corrected chi connectivity index (χ0v) is 22.9. The van der Waals surface area contributed by atoms with E-state index in [-0.39, 0.29) is 29.4 Å². The molecular weight excluding hydrogens is 480 g/mol. The van der Waals surface area contributed by atoms with E-state index >= 15 is 0 Å². The number of carbonyl (C=O) groups excluding carboxylic acids is 2. The topological polar surface area (TPSA) is 66.5 Å². The van der Waals surface area contributed by atoms with E-state index < -0.39 is 16.2 Å². The van der Waals surface area contributed by atoms with Gasteiger partial charge in [-0.15, -0.1) is 0 Å². The summed E-state index contributed by atoms with van der Waals surface area (Å²) in [6.45, 7) is 10.9. The van der Waals surface area contributed by atoms with Gasteiger partial charge in [0.2, 0.25) is 11.8 Å². The fourth-order valence-corrected chi connectivity index (χ4v) is 5.77. The summed E-state index contributed by atoms with van der Waals surface area (Å²) in [5.74, 6) is 0.647. The molecule has 1 saturated heterocycles. The molecule has 35 heavy (non-hydrogen) atoms. The minimum absolute atomic E-state index is 0.0397. The van der Waals surface area contributed by atoms with Crippen LogP contribution in [0.15, 0.2) is 48.5 Å². The molecule has 190 valence electrons. The van der Waals surface area contributed by atoms with Crippen LogP contribution in [0.3, 0.4) is 0 Å². The van der Waals surface area contributed by atoms with Crippen molar-refractivity contribution in [3.05, 3.63) is 64.7 Å². The van der Waals surface area contributed by atoms with Gasteiger partial charge < -0.3 is 10.2 Å². The lowest BCUT2D eigenvalue weighted by Crippen LogP contribution is -2.52. The number of rotatable bonds is 9. The Kier molecular flexibility index (Phi) is 9.16. The minimum Gasteiger partial charge on any atom is -0.341 e. The molecule has 7 heteroatoms. The third-order valence-corrected chi connectivity index (χ3v) is 8.63. The lowest BCUT2D eigenvalue weighted by Gasteiger charge is -2.43. The van der Waals surface area contributed by atoms with Gasteiger partial charge in [-0.05, 0) is 47.7 Å². The second-order valence-corrected chi connectivity index (χ2v) is 13.0. The molecule has 1 aliphatic heterocycles. The van der Waals surface area contributed by atoms with E-state index in [1.807, 2.05) is 69.3 Å². The average Bonchev–Trinajstić information content (AvgIpc) is 2.79. The van der Waals surface area contributed by atoms with Gasteiger partial charge in [0.25, 0.3) is 0 Å². The number of likely N-dealkylation sites (tertiary alicyclic amines) is 1. The maximum Gasteiger partial charge on any atom is 0.229 e. The van der Waals surface area contributed by atoms with Gasteiger partial charge in [0.05, 0.1) is 5.41 Å². The second kappa shape index (κ2) is 11.7. The van der Waals surface area contributed by atoms with Crippen LogP contribution in [-0.2, 0) is 20.4 Å². The Bertz CT molecular complexity index is 1070. The number of carbonyl (C=O) groups is 2. The molecule has 3 rings (SSSR count). The molecule has 1 N–H and O–H groups in total. The van der Waals surface area contributed by atoms with Crippen LogP contribution < -0.4 is 5.32 Å². The summed E-state index contributed by atoms with van der Waals surface area (Å²) in [5.41, 5.74) is 2.11. The van der Waals surface area contributed by atoms with Crippen molar-refractivity contribution in [2.75, 3.05) is 24.2 Å².